The maximum Gasteiger partial charge on any atom is 0.443 e. The summed E-state index contributed by atoms with van der Waals surface area (Å²) in [5.74, 6) is -0.539. The van der Waals surface area contributed by atoms with Crippen LogP contribution in [0.25, 0.3) is 0 Å². The molecule has 1 heterocycles. The molecule has 0 aliphatic heterocycles. The van der Waals surface area contributed by atoms with Gasteiger partial charge in [-0.2, -0.15) is 13.2 Å². The first-order valence-corrected chi connectivity index (χ1v) is 6.80. The first-order chi connectivity index (χ1) is 8.79. The Morgan fingerprint density at radius 2 is 2.05 bits per heavy atom. The molecule has 0 spiro atoms. The zero-order valence-electron chi connectivity index (χ0n) is 8.96. The fourth-order valence-electron chi connectivity index (χ4n) is 1.29. The lowest BCUT2D eigenvalue weighted by Gasteiger charge is -2.01. The molecule has 0 aliphatic rings. The van der Waals surface area contributed by atoms with E-state index in [-0.39, 0.29) is 10.4 Å². The summed E-state index contributed by atoms with van der Waals surface area (Å²) < 4.78 is 37.8. The highest BCUT2D eigenvalue weighted by atomic mass is 79.9. The van der Waals surface area contributed by atoms with Gasteiger partial charge in [0.2, 0.25) is 5.78 Å². The minimum atomic E-state index is -4.54. The molecule has 2 rings (SSSR count). The van der Waals surface area contributed by atoms with Gasteiger partial charge < -0.3 is 0 Å². The number of nitrogens with zero attached hydrogens (tertiary/aromatic N) is 1. The van der Waals surface area contributed by atoms with Crippen molar-refractivity contribution in [2.75, 3.05) is 0 Å². The number of thiazole rings is 1. The highest BCUT2D eigenvalue weighted by Gasteiger charge is 2.35. The molecule has 19 heavy (non-hydrogen) atoms. The summed E-state index contributed by atoms with van der Waals surface area (Å²) in [6.45, 7) is 0. The van der Waals surface area contributed by atoms with Crippen molar-refractivity contribution in [3.05, 3.63) is 49.3 Å². The summed E-state index contributed by atoms with van der Waals surface area (Å²) in [5, 5.41) is -0.731. The van der Waals surface area contributed by atoms with Crippen molar-refractivity contribution >= 4 is 44.7 Å². The third kappa shape index (κ3) is 3.16. The maximum absolute atomic E-state index is 12.4. The molecule has 0 radical (unpaired) electrons. The number of ketones is 1. The number of hydrogen-bond donors (Lipinski definition) is 0. The molecule has 0 fully saturated rings. The predicted octanol–water partition coefficient (Wildman–Crippen LogP) is 4.81. The monoisotopic (exact) mass is 369 g/mol. The molecule has 0 N–H and O–H groups in total. The second kappa shape index (κ2) is 5.22. The molecular formula is C11H4BrClF3NOS. The van der Waals surface area contributed by atoms with Gasteiger partial charge in [0, 0.05) is 16.2 Å². The molecule has 0 unspecified atom stereocenters. The Balaban J connectivity index is 2.34. The van der Waals surface area contributed by atoms with Crippen LogP contribution in [-0.2, 0) is 6.18 Å². The molecule has 0 bridgehead atoms. The van der Waals surface area contributed by atoms with E-state index in [0.29, 0.717) is 20.8 Å². The third-order valence-electron chi connectivity index (χ3n) is 2.15. The van der Waals surface area contributed by atoms with E-state index in [4.69, 9.17) is 11.6 Å². The Bertz CT molecular complexity index is 641. The number of carbonyl (C=O) groups excluding carboxylic acids is 1. The SMILES string of the molecule is O=C(c1ccc(Br)c(Cl)c1)c1cnc(C(F)(F)F)s1. The zero-order valence-corrected chi connectivity index (χ0v) is 12.1. The molecule has 8 heteroatoms. The molecular weight excluding hydrogens is 367 g/mol. The number of alkyl halides is 3. The fraction of sp³-hybridized carbons (Fsp3) is 0.0909. The van der Waals surface area contributed by atoms with Crippen molar-refractivity contribution < 1.29 is 18.0 Å². The van der Waals surface area contributed by atoms with Crippen molar-refractivity contribution in [2.45, 2.75) is 6.18 Å². The summed E-state index contributed by atoms with van der Waals surface area (Å²) >= 11 is 9.31. The van der Waals surface area contributed by atoms with Gasteiger partial charge in [-0.15, -0.1) is 11.3 Å². The van der Waals surface area contributed by atoms with Crippen LogP contribution in [0.15, 0.2) is 28.9 Å². The molecule has 2 nitrogen and oxygen atoms in total. The largest absolute Gasteiger partial charge is 0.443 e. The highest BCUT2D eigenvalue weighted by Crippen LogP contribution is 2.33. The molecule has 0 saturated carbocycles. The van der Waals surface area contributed by atoms with Crippen LogP contribution in [0.1, 0.15) is 20.2 Å². The van der Waals surface area contributed by atoms with Gasteiger partial charge in [0.1, 0.15) is 0 Å². The topological polar surface area (TPSA) is 30.0 Å². The van der Waals surface area contributed by atoms with E-state index in [1.54, 1.807) is 6.07 Å². The smallest absolute Gasteiger partial charge is 0.288 e. The van der Waals surface area contributed by atoms with Gasteiger partial charge in [-0.1, -0.05) is 11.6 Å². The first kappa shape index (κ1) is 14.5. The number of benzene rings is 1. The van der Waals surface area contributed by atoms with E-state index in [9.17, 15) is 18.0 Å². The minimum absolute atomic E-state index is 0.0780. The van der Waals surface area contributed by atoms with Gasteiger partial charge in [0.05, 0.1) is 9.90 Å². The van der Waals surface area contributed by atoms with Crippen LogP contribution in [0.4, 0.5) is 13.2 Å². The zero-order chi connectivity index (χ0) is 14.2. The lowest BCUT2D eigenvalue weighted by atomic mass is 10.1. The molecule has 0 amide bonds. The Kier molecular flexibility index (Phi) is 3.98. The fourth-order valence-corrected chi connectivity index (χ4v) is 2.46. The number of carbonyl (C=O) groups is 1. The van der Waals surface area contributed by atoms with Gasteiger partial charge in [-0.3, -0.25) is 4.79 Å². The van der Waals surface area contributed by atoms with Gasteiger partial charge in [0.15, 0.2) is 5.01 Å². The maximum atomic E-state index is 12.4. The summed E-state index contributed by atoms with van der Waals surface area (Å²) in [7, 11) is 0. The molecule has 0 atom stereocenters. The average molecular weight is 371 g/mol. The van der Waals surface area contributed by atoms with Crippen molar-refractivity contribution in [3.8, 4) is 0 Å². The summed E-state index contributed by atoms with van der Waals surface area (Å²) in [6.07, 6.45) is -3.62. The molecule has 100 valence electrons. The van der Waals surface area contributed by atoms with Crippen molar-refractivity contribution in [1.29, 1.82) is 0 Å². The summed E-state index contributed by atoms with van der Waals surface area (Å²) in [5.41, 5.74) is 0.213. The Labute approximate surface area is 123 Å². The first-order valence-electron chi connectivity index (χ1n) is 4.82. The second-order valence-electron chi connectivity index (χ2n) is 3.49. The van der Waals surface area contributed by atoms with E-state index < -0.39 is 17.0 Å². The van der Waals surface area contributed by atoms with Gasteiger partial charge in [0.25, 0.3) is 0 Å². The van der Waals surface area contributed by atoms with Gasteiger partial charge in [-0.25, -0.2) is 4.98 Å². The number of rotatable bonds is 2. The van der Waals surface area contributed by atoms with E-state index in [1.165, 1.54) is 12.1 Å². The van der Waals surface area contributed by atoms with E-state index in [2.05, 4.69) is 20.9 Å². The van der Waals surface area contributed by atoms with Crippen molar-refractivity contribution in [1.82, 2.24) is 4.98 Å². The number of hydrogen-bond acceptors (Lipinski definition) is 3. The lowest BCUT2D eigenvalue weighted by Crippen LogP contribution is -2.03. The Morgan fingerprint density at radius 3 is 2.58 bits per heavy atom. The van der Waals surface area contributed by atoms with Crippen LogP contribution >= 0.6 is 38.9 Å². The summed E-state index contributed by atoms with van der Waals surface area (Å²) in [6, 6.07) is 4.42. The van der Waals surface area contributed by atoms with Crippen LogP contribution in [0.2, 0.25) is 5.02 Å². The standard InChI is InChI=1S/C11H4BrClF3NOS/c12-6-2-1-5(3-7(6)13)9(18)8-4-17-10(19-8)11(14,15)16/h1-4H. The molecule has 2 aromatic rings. The number of halogens is 5. The van der Waals surface area contributed by atoms with E-state index in [0.717, 1.165) is 6.20 Å². The highest BCUT2D eigenvalue weighted by molar-refractivity contribution is 9.10. The van der Waals surface area contributed by atoms with Crippen LogP contribution in [0, 0.1) is 0 Å². The molecule has 1 aromatic carbocycles. The van der Waals surface area contributed by atoms with Crippen LogP contribution < -0.4 is 0 Å². The number of aromatic nitrogens is 1. The Hall–Kier alpha value is -0.920. The summed E-state index contributed by atoms with van der Waals surface area (Å²) in [4.78, 5) is 15.1. The van der Waals surface area contributed by atoms with Crippen LogP contribution in [-0.4, -0.2) is 10.8 Å². The lowest BCUT2D eigenvalue weighted by molar-refractivity contribution is -0.137. The third-order valence-corrected chi connectivity index (χ3v) is 4.43. The molecule has 0 saturated heterocycles. The molecule has 1 aromatic heterocycles. The quantitative estimate of drug-likeness (QED) is 0.710. The normalized spacial score (nSPS) is 11.6. The van der Waals surface area contributed by atoms with Gasteiger partial charge in [-0.05, 0) is 34.1 Å². The van der Waals surface area contributed by atoms with Gasteiger partial charge >= 0.3 is 6.18 Å². The van der Waals surface area contributed by atoms with E-state index in [1.807, 2.05) is 0 Å². The van der Waals surface area contributed by atoms with Crippen molar-refractivity contribution in [2.24, 2.45) is 0 Å². The Morgan fingerprint density at radius 1 is 1.37 bits per heavy atom. The van der Waals surface area contributed by atoms with Crippen LogP contribution in [0.3, 0.4) is 0 Å². The van der Waals surface area contributed by atoms with E-state index >= 15 is 0 Å². The van der Waals surface area contributed by atoms with Crippen LogP contribution in [0.5, 0.6) is 0 Å². The second-order valence-corrected chi connectivity index (χ2v) is 5.78. The predicted molar refractivity (Wildman–Crippen MR) is 69.7 cm³/mol. The molecule has 0 aliphatic carbocycles. The van der Waals surface area contributed by atoms with Crippen molar-refractivity contribution in [3.63, 3.8) is 0 Å². The average Bonchev–Trinajstić information content (AvgIpc) is 2.81. The minimum Gasteiger partial charge on any atom is -0.288 e.